The Balaban J connectivity index is 1.57. The fourth-order valence-electron chi connectivity index (χ4n) is 3.12. The summed E-state index contributed by atoms with van der Waals surface area (Å²) < 4.78 is 12.9. The lowest BCUT2D eigenvalue weighted by molar-refractivity contribution is 0.171. The summed E-state index contributed by atoms with van der Waals surface area (Å²) in [4.78, 5) is 12.2. The maximum Gasteiger partial charge on any atom is 0.315 e. The Hall–Kier alpha value is -2.70. The molecule has 1 atom stereocenters. The number of hydrogen-bond acceptors (Lipinski definition) is 4. The minimum atomic E-state index is -0.218. The highest BCUT2D eigenvalue weighted by Gasteiger charge is 2.18. The van der Waals surface area contributed by atoms with E-state index in [2.05, 4.69) is 15.7 Å². The van der Waals surface area contributed by atoms with Gasteiger partial charge in [0, 0.05) is 24.8 Å². The number of urea groups is 1. The van der Waals surface area contributed by atoms with E-state index < -0.39 is 0 Å². The van der Waals surface area contributed by atoms with E-state index in [-0.39, 0.29) is 12.1 Å². The van der Waals surface area contributed by atoms with Crippen molar-refractivity contribution in [1.82, 2.24) is 20.4 Å². The van der Waals surface area contributed by atoms with Crippen molar-refractivity contribution < 1.29 is 14.3 Å². The number of aryl methyl sites for hydroxylation is 2. The van der Waals surface area contributed by atoms with Gasteiger partial charge in [0.15, 0.2) is 11.5 Å². The summed E-state index contributed by atoms with van der Waals surface area (Å²) in [6.07, 6.45) is 0. The molecular weight excluding hydrogens is 320 g/mol. The monoisotopic (exact) mass is 344 g/mol. The first-order chi connectivity index (χ1) is 12.0. The number of carbonyl (C=O) groups is 1. The Morgan fingerprint density at radius 1 is 1.28 bits per heavy atom. The predicted octanol–water partition coefficient (Wildman–Crippen LogP) is 2.37. The van der Waals surface area contributed by atoms with Gasteiger partial charge in [0.25, 0.3) is 0 Å². The van der Waals surface area contributed by atoms with Gasteiger partial charge in [-0.1, -0.05) is 6.07 Å². The Morgan fingerprint density at radius 3 is 2.68 bits per heavy atom. The van der Waals surface area contributed by atoms with Crippen LogP contribution in [-0.4, -0.2) is 29.0 Å². The van der Waals surface area contributed by atoms with Crippen LogP contribution in [0.25, 0.3) is 0 Å². The molecule has 134 valence electrons. The first-order valence-corrected chi connectivity index (χ1v) is 8.38. The highest BCUT2D eigenvalue weighted by atomic mass is 16.6. The molecule has 1 aromatic heterocycles. The van der Waals surface area contributed by atoms with Gasteiger partial charge < -0.3 is 20.1 Å². The quantitative estimate of drug-likeness (QED) is 0.893. The van der Waals surface area contributed by atoms with Crippen molar-refractivity contribution in [2.45, 2.75) is 33.4 Å². The maximum absolute atomic E-state index is 12.2. The van der Waals surface area contributed by atoms with Gasteiger partial charge in [-0.25, -0.2) is 4.79 Å². The molecular formula is C18H24N4O3. The molecule has 0 aliphatic carbocycles. The van der Waals surface area contributed by atoms with Crippen LogP contribution in [0.4, 0.5) is 4.79 Å². The number of rotatable bonds is 4. The third-order valence-corrected chi connectivity index (χ3v) is 4.41. The summed E-state index contributed by atoms with van der Waals surface area (Å²) in [6, 6.07) is 5.35. The van der Waals surface area contributed by atoms with E-state index in [0.29, 0.717) is 19.8 Å². The first kappa shape index (κ1) is 17.1. The lowest BCUT2D eigenvalue weighted by atomic mass is 10.1. The normalized spacial score (nSPS) is 14.1. The van der Waals surface area contributed by atoms with Gasteiger partial charge in [0.2, 0.25) is 0 Å². The van der Waals surface area contributed by atoms with Crippen molar-refractivity contribution in [2.75, 3.05) is 13.2 Å². The van der Waals surface area contributed by atoms with E-state index in [1.54, 1.807) is 0 Å². The van der Waals surface area contributed by atoms with Crippen molar-refractivity contribution in [3.8, 4) is 11.5 Å². The number of amides is 2. The summed E-state index contributed by atoms with van der Waals surface area (Å²) in [7, 11) is 1.90. The largest absolute Gasteiger partial charge is 0.486 e. The Labute approximate surface area is 147 Å². The minimum Gasteiger partial charge on any atom is -0.486 e. The molecule has 0 spiro atoms. The number of ether oxygens (including phenoxy) is 2. The van der Waals surface area contributed by atoms with Crippen LogP contribution >= 0.6 is 0 Å². The van der Waals surface area contributed by atoms with E-state index in [9.17, 15) is 4.79 Å². The number of nitrogens with one attached hydrogen (secondary N) is 2. The third-order valence-electron chi connectivity index (χ3n) is 4.41. The van der Waals surface area contributed by atoms with Crippen molar-refractivity contribution in [1.29, 1.82) is 0 Å². The molecule has 1 aliphatic rings. The summed E-state index contributed by atoms with van der Waals surface area (Å²) in [5.74, 6) is 1.47. The first-order valence-electron chi connectivity index (χ1n) is 8.38. The molecule has 1 aliphatic heterocycles. The fourth-order valence-corrected chi connectivity index (χ4v) is 3.12. The Bertz CT molecular complexity index is 785. The van der Waals surface area contributed by atoms with Gasteiger partial charge in [0.1, 0.15) is 13.2 Å². The minimum absolute atomic E-state index is 0.117. The van der Waals surface area contributed by atoms with Crippen molar-refractivity contribution in [2.24, 2.45) is 7.05 Å². The van der Waals surface area contributed by atoms with Gasteiger partial charge in [0.05, 0.1) is 11.7 Å². The lowest BCUT2D eigenvalue weighted by Crippen LogP contribution is -2.37. The number of nitrogens with zero attached hydrogens (tertiary/aromatic N) is 2. The molecule has 2 N–H and O–H groups in total. The second kappa shape index (κ2) is 7.04. The lowest BCUT2D eigenvalue weighted by Gasteiger charge is -2.19. The number of carbonyl (C=O) groups excluding carboxylic acids is 1. The molecule has 25 heavy (non-hydrogen) atoms. The third kappa shape index (κ3) is 3.70. The van der Waals surface area contributed by atoms with Gasteiger partial charge in [-0.3, -0.25) is 4.68 Å². The molecule has 0 saturated heterocycles. The average molecular weight is 344 g/mol. The van der Waals surface area contributed by atoms with Crippen LogP contribution in [0.2, 0.25) is 0 Å². The SMILES string of the molecule is Cc1nn(C)c(C)c1C(C)NC(=O)NCc1ccc2c(c1)OCCO2. The van der Waals surface area contributed by atoms with Crippen LogP contribution in [0, 0.1) is 13.8 Å². The zero-order valence-electron chi connectivity index (χ0n) is 15.0. The van der Waals surface area contributed by atoms with Crippen LogP contribution in [0.15, 0.2) is 18.2 Å². The molecule has 0 saturated carbocycles. The van der Waals surface area contributed by atoms with Crippen molar-refractivity contribution in [3.05, 3.63) is 40.7 Å². The second-order valence-corrected chi connectivity index (χ2v) is 6.23. The summed E-state index contributed by atoms with van der Waals surface area (Å²) in [6.45, 7) is 7.44. The van der Waals surface area contributed by atoms with Gasteiger partial charge >= 0.3 is 6.03 Å². The molecule has 2 aromatic rings. The van der Waals surface area contributed by atoms with Crippen LogP contribution in [0.5, 0.6) is 11.5 Å². The van der Waals surface area contributed by atoms with Crippen LogP contribution in [0.3, 0.4) is 0 Å². The van der Waals surface area contributed by atoms with Gasteiger partial charge in [-0.05, 0) is 38.5 Å². The molecule has 7 heteroatoms. The molecule has 1 aromatic carbocycles. The number of hydrogen-bond donors (Lipinski definition) is 2. The zero-order valence-corrected chi connectivity index (χ0v) is 15.0. The topological polar surface area (TPSA) is 77.4 Å². The highest BCUT2D eigenvalue weighted by Crippen LogP contribution is 2.30. The van der Waals surface area contributed by atoms with E-state index in [1.165, 1.54) is 0 Å². The summed E-state index contributed by atoms with van der Waals surface area (Å²) in [5, 5.41) is 10.2. The molecule has 2 amide bonds. The van der Waals surface area contributed by atoms with Gasteiger partial charge in [-0.15, -0.1) is 0 Å². The zero-order chi connectivity index (χ0) is 18.0. The van der Waals surface area contributed by atoms with E-state index >= 15 is 0 Å². The highest BCUT2D eigenvalue weighted by molar-refractivity contribution is 5.74. The Kier molecular flexibility index (Phi) is 4.83. The number of aromatic nitrogens is 2. The fraction of sp³-hybridized carbons (Fsp3) is 0.444. The van der Waals surface area contributed by atoms with E-state index in [4.69, 9.17) is 9.47 Å². The number of benzene rings is 1. The number of fused-ring (bicyclic) bond motifs is 1. The Morgan fingerprint density at radius 2 is 2.00 bits per heavy atom. The average Bonchev–Trinajstić information content (AvgIpc) is 2.85. The van der Waals surface area contributed by atoms with E-state index in [0.717, 1.165) is 34.0 Å². The molecule has 0 fully saturated rings. The van der Waals surface area contributed by atoms with Crippen LogP contribution in [-0.2, 0) is 13.6 Å². The van der Waals surface area contributed by atoms with Crippen LogP contribution in [0.1, 0.15) is 35.5 Å². The molecule has 7 nitrogen and oxygen atoms in total. The standard InChI is InChI=1S/C18H24N4O3/c1-11(17-12(2)21-22(4)13(17)3)20-18(23)19-10-14-5-6-15-16(9-14)25-8-7-24-15/h5-6,9,11H,7-8,10H2,1-4H3,(H2,19,20,23). The smallest absolute Gasteiger partial charge is 0.315 e. The summed E-state index contributed by atoms with van der Waals surface area (Å²) >= 11 is 0. The molecule has 1 unspecified atom stereocenters. The molecule has 0 radical (unpaired) electrons. The van der Waals surface area contributed by atoms with Crippen LogP contribution < -0.4 is 20.1 Å². The van der Waals surface area contributed by atoms with Gasteiger partial charge in [-0.2, -0.15) is 5.10 Å². The molecule has 3 rings (SSSR count). The second-order valence-electron chi connectivity index (χ2n) is 6.23. The summed E-state index contributed by atoms with van der Waals surface area (Å²) in [5.41, 5.74) is 3.99. The van der Waals surface area contributed by atoms with Crippen molar-refractivity contribution >= 4 is 6.03 Å². The molecule has 0 bridgehead atoms. The predicted molar refractivity (Wildman–Crippen MR) is 93.9 cm³/mol. The molecule has 2 heterocycles. The van der Waals surface area contributed by atoms with Crippen molar-refractivity contribution in [3.63, 3.8) is 0 Å². The van der Waals surface area contributed by atoms with E-state index in [1.807, 2.05) is 50.7 Å². The maximum atomic E-state index is 12.2.